The summed E-state index contributed by atoms with van der Waals surface area (Å²) in [5, 5.41) is 8.11. The molecule has 0 bridgehead atoms. The van der Waals surface area contributed by atoms with Crippen molar-refractivity contribution >= 4 is 61.0 Å². The van der Waals surface area contributed by atoms with Crippen molar-refractivity contribution in [1.82, 2.24) is 4.23 Å². The van der Waals surface area contributed by atoms with E-state index in [1.807, 2.05) is 0 Å². The molecule has 0 N–H and O–H groups in total. The SMILES string of the molecule is [Si]n1c2ccccc2c2cc([Si](c3ccccc3)(c3ccccc3)c3ccccc3)ccc21. The maximum atomic E-state index is 3.85. The molecule has 0 saturated heterocycles. The molecule has 0 aliphatic carbocycles. The number of fused-ring (bicyclic) bond motifs is 3. The molecule has 155 valence electrons. The van der Waals surface area contributed by atoms with E-state index in [0.717, 1.165) is 0 Å². The van der Waals surface area contributed by atoms with Gasteiger partial charge in [0.1, 0.15) is 0 Å². The maximum Gasteiger partial charge on any atom is 0.196 e. The van der Waals surface area contributed by atoms with Crippen LogP contribution in [0.1, 0.15) is 0 Å². The molecule has 0 unspecified atom stereocenters. The Hall–Kier alpha value is -3.67. The third-order valence-electron chi connectivity index (χ3n) is 6.73. The van der Waals surface area contributed by atoms with Gasteiger partial charge < -0.3 is 4.23 Å². The molecule has 1 nitrogen and oxygen atoms in total. The van der Waals surface area contributed by atoms with Gasteiger partial charge in [-0.05, 0) is 32.9 Å². The number of rotatable bonds is 4. The van der Waals surface area contributed by atoms with Gasteiger partial charge in [-0.15, -0.1) is 0 Å². The van der Waals surface area contributed by atoms with Gasteiger partial charge in [-0.1, -0.05) is 121 Å². The van der Waals surface area contributed by atoms with E-state index in [2.05, 4.69) is 148 Å². The van der Waals surface area contributed by atoms with E-state index in [1.165, 1.54) is 42.6 Å². The lowest BCUT2D eigenvalue weighted by Gasteiger charge is -2.34. The van der Waals surface area contributed by atoms with Gasteiger partial charge in [-0.3, -0.25) is 0 Å². The first-order valence-corrected chi connectivity index (χ1v) is 13.7. The van der Waals surface area contributed by atoms with Crippen molar-refractivity contribution in [3.8, 4) is 0 Å². The molecule has 0 aliphatic heterocycles. The molecular formula is C30H22NSi2. The second kappa shape index (κ2) is 8.03. The monoisotopic (exact) mass is 452 g/mol. The number of hydrogen-bond acceptors (Lipinski definition) is 0. The topological polar surface area (TPSA) is 4.93 Å². The maximum absolute atomic E-state index is 3.85. The van der Waals surface area contributed by atoms with Crippen molar-refractivity contribution in [3.63, 3.8) is 0 Å². The van der Waals surface area contributed by atoms with Crippen molar-refractivity contribution in [1.29, 1.82) is 0 Å². The van der Waals surface area contributed by atoms with Crippen LogP contribution in [0.3, 0.4) is 0 Å². The van der Waals surface area contributed by atoms with Crippen LogP contribution in [-0.4, -0.2) is 22.7 Å². The molecular weight excluding hydrogens is 431 g/mol. The zero-order valence-corrected chi connectivity index (χ0v) is 20.1. The summed E-state index contributed by atoms with van der Waals surface area (Å²) in [6, 6.07) is 48.9. The van der Waals surface area contributed by atoms with Gasteiger partial charge in [-0.2, -0.15) is 0 Å². The highest BCUT2D eigenvalue weighted by atomic mass is 28.3. The molecule has 0 aliphatic rings. The normalized spacial score (nSPS) is 11.8. The molecule has 0 atom stereocenters. The van der Waals surface area contributed by atoms with Gasteiger partial charge >= 0.3 is 0 Å². The van der Waals surface area contributed by atoms with Gasteiger partial charge in [0, 0.05) is 21.8 Å². The van der Waals surface area contributed by atoms with Crippen LogP contribution in [0.4, 0.5) is 0 Å². The minimum absolute atomic E-state index is 1.19. The first-order valence-electron chi connectivity index (χ1n) is 11.2. The fourth-order valence-corrected chi connectivity index (χ4v) is 10.4. The van der Waals surface area contributed by atoms with Crippen LogP contribution >= 0.6 is 0 Å². The number of aromatic nitrogens is 1. The van der Waals surface area contributed by atoms with Gasteiger partial charge in [0.15, 0.2) is 18.5 Å². The highest BCUT2D eigenvalue weighted by Crippen LogP contribution is 2.27. The van der Waals surface area contributed by atoms with Crippen molar-refractivity contribution in [2.24, 2.45) is 0 Å². The molecule has 0 saturated carbocycles. The lowest BCUT2D eigenvalue weighted by atomic mass is 10.1. The molecule has 33 heavy (non-hydrogen) atoms. The molecule has 5 aromatic carbocycles. The van der Waals surface area contributed by atoms with Crippen LogP contribution in [0.5, 0.6) is 0 Å². The van der Waals surface area contributed by atoms with E-state index in [-0.39, 0.29) is 0 Å². The molecule has 0 fully saturated rings. The zero-order valence-electron chi connectivity index (χ0n) is 18.1. The molecule has 0 amide bonds. The Morgan fingerprint density at radius 2 is 0.879 bits per heavy atom. The second-order valence-electron chi connectivity index (χ2n) is 8.43. The summed E-state index contributed by atoms with van der Waals surface area (Å²) in [5.41, 5.74) is 2.38. The van der Waals surface area contributed by atoms with Gasteiger partial charge in [-0.25, -0.2) is 0 Å². The second-order valence-corrected chi connectivity index (χ2v) is 12.7. The summed E-state index contributed by atoms with van der Waals surface area (Å²) in [6.45, 7) is 0. The van der Waals surface area contributed by atoms with Crippen molar-refractivity contribution in [3.05, 3.63) is 133 Å². The third-order valence-corrected chi connectivity index (χ3v) is 12.0. The smallest absolute Gasteiger partial charge is 0.196 e. The highest BCUT2D eigenvalue weighted by Gasteiger charge is 2.41. The predicted molar refractivity (Wildman–Crippen MR) is 144 cm³/mol. The molecule has 3 heteroatoms. The summed E-state index contributed by atoms with van der Waals surface area (Å²) in [7, 11) is 1.33. The fourth-order valence-electron chi connectivity index (χ4n) is 5.27. The van der Waals surface area contributed by atoms with Crippen LogP contribution < -0.4 is 20.7 Å². The number of hydrogen-bond donors (Lipinski definition) is 0. The quantitative estimate of drug-likeness (QED) is 0.280. The van der Waals surface area contributed by atoms with Crippen LogP contribution in [0, 0.1) is 0 Å². The summed E-state index contributed by atoms with van der Waals surface area (Å²) in [6.07, 6.45) is 0. The minimum Gasteiger partial charge on any atom is -0.370 e. The van der Waals surface area contributed by atoms with Crippen molar-refractivity contribution < 1.29 is 0 Å². The Morgan fingerprint density at radius 1 is 0.424 bits per heavy atom. The van der Waals surface area contributed by atoms with E-state index in [4.69, 9.17) is 0 Å². The Balaban J connectivity index is 1.77. The van der Waals surface area contributed by atoms with E-state index < -0.39 is 8.07 Å². The Labute approximate surface area is 198 Å². The Kier molecular flexibility index (Phi) is 4.86. The van der Waals surface area contributed by atoms with Gasteiger partial charge in [0.2, 0.25) is 0 Å². The number of para-hydroxylation sites is 1. The fraction of sp³-hybridized carbons (Fsp3) is 0. The molecule has 6 aromatic rings. The lowest BCUT2D eigenvalue weighted by Crippen LogP contribution is -2.74. The average molecular weight is 453 g/mol. The summed E-state index contributed by atoms with van der Waals surface area (Å²) in [5.74, 6) is 0. The molecule has 1 aromatic heterocycles. The van der Waals surface area contributed by atoms with Crippen LogP contribution in [-0.2, 0) is 0 Å². The first-order chi connectivity index (χ1) is 16.3. The molecule has 6 rings (SSSR count). The standard InChI is InChI=1S/C30H22NSi2/c32-31-29-19-11-10-18-27(29)28-22-26(20-21-30(28)31)33(23-12-4-1-5-13-23,24-14-6-2-7-15-24)25-16-8-3-9-17-25/h1-22H. The summed E-state index contributed by atoms with van der Waals surface area (Å²) in [4.78, 5) is 0. The average Bonchev–Trinajstić information content (AvgIpc) is 3.18. The van der Waals surface area contributed by atoms with E-state index >= 15 is 0 Å². The number of nitrogens with zero attached hydrogens (tertiary/aromatic N) is 1. The third kappa shape index (κ3) is 3.04. The molecule has 0 spiro atoms. The van der Waals surface area contributed by atoms with Crippen molar-refractivity contribution in [2.45, 2.75) is 0 Å². The lowest BCUT2D eigenvalue weighted by molar-refractivity contribution is 1.39. The van der Waals surface area contributed by atoms with Gasteiger partial charge in [0.25, 0.3) is 0 Å². The molecule has 1 heterocycles. The largest absolute Gasteiger partial charge is 0.370 e. The van der Waals surface area contributed by atoms with Crippen molar-refractivity contribution in [2.75, 3.05) is 0 Å². The van der Waals surface area contributed by atoms with Crippen LogP contribution in [0.2, 0.25) is 0 Å². The number of benzene rings is 5. The van der Waals surface area contributed by atoms with E-state index in [1.54, 1.807) is 0 Å². The summed E-state index contributed by atoms with van der Waals surface area (Å²) >= 11 is 0. The Bertz CT molecular complexity index is 1460. The highest BCUT2D eigenvalue weighted by molar-refractivity contribution is 7.20. The van der Waals surface area contributed by atoms with Crippen LogP contribution in [0.15, 0.2) is 133 Å². The van der Waals surface area contributed by atoms with E-state index in [9.17, 15) is 0 Å². The molecule has 3 radical (unpaired) electrons. The summed E-state index contributed by atoms with van der Waals surface area (Å²) < 4.78 is 2.12. The first kappa shape index (κ1) is 20.0. The van der Waals surface area contributed by atoms with Crippen LogP contribution in [0.25, 0.3) is 21.8 Å². The van der Waals surface area contributed by atoms with Gasteiger partial charge in [0.05, 0.1) is 0 Å². The van der Waals surface area contributed by atoms with E-state index in [0.29, 0.717) is 0 Å². The Morgan fingerprint density at radius 3 is 1.42 bits per heavy atom. The predicted octanol–water partition coefficient (Wildman–Crippen LogP) is 4.10. The zero-order chi connectivity index (χ0) is 22.3. The minimum atomic E-state index is -2.52.